The molecular weight excluding hydrogens is 206 g/mol. The molecule has 4 N–H and O–H groups in total. The predicted molar refractivity (Wildman–Crippen MR) is 63.3 cm³/mol. The van der Waals surface area contributed by atoms with Gasteiger partial charge in [-0.15, -0.1) is 0 Å². The fourth-order valence-electron chi connectivity index (χ4n) is 2.04. The number of carboxylic acid groups (broad SMARTS) is 1. The zero-order valence-corrected chi connectivity index (χ0v) is 9.98. The number of aliphatic carboxylic acids is 1. The van der Waals surface area contributed by atoms with E-state index in [1.54, 1.807) is 0 Å². The molecule has 0 aromatic carbocycles. The second-order valence-electron chi connectivity index (χ2n) is 4.48. The van der Waals surface area contributed by atoms with Crippen molar-refractivity contribution in [3.63, 3.8) is 0 Å². The molecule has 0 bridgehead atoms. The molecule has 94 valence electrons. The summed E-state index contributed by atoms with van der Waals surface area (Å²) in [5.41, 5.74) is 5.41. The molecule has 16 heavy (non-hydrogen) atoms. The second-order valence-corrected chi connectivity index (χ2v) is 4.48. The normalized spacial score (nSPS) is 20.9. The summed E-state index contributed by atoms with van der Waals surface area (Å²) in [4.78, 5) is 12.9. The van der Waals surface area contributed by atoms with Crippen molar-refractivity contribution in [1.82, 2.24) is 10.2 Å². The maximum atomic E-state index is 10.5. The molecule has 1 saturated heterocycles. The van der Waals surface area contributed by atoms with Gasteiger partial charge in [0, 0.05) is 6.54 Å². The lowest BCUT2D eigenvalue weighted by molar-refractivity contribution is -0.138. The summed E-state index contributed by atoms with van der Waals surface area (Å²) in [5, 5.41) is 11.8. The Bertz CT molecular complexity index is 215. The van der Waals surface area contributed by atoms with Crippen LogP contribution in [0.5, 0.6) is 0 Å². The summed E-state index contributed by atoms with van der Waals surface area (Å²) in [6.07, 6.45) is 2.40. The van der Waals surface area contributed by atoms with E-state index >= 15 is 0 Å². The summed E-state index contributed by atoms with van der Waals surface area (Å²) in [5.74, 6) is -0.267. The SMILES string of the molecule is CCN1CCC(CNCC(N)C(=O)O)CC1. The lowest BCUT2D eigenvalue weighted by Crippen LogP contribution is -2.43. The Morgan fingerprint density at radius 3 is 2.69 bits per heavy atom. The van der Waals surface area contributed by atoms with Crippen LogP contribution >= 0.6 is 0 Å². The highest BCUT2D eigenvalue weighted by molar-refractivity contribution is 5.73. The number of hydrogen-bond acceptors (Lipinski definition) is 4. The van der Waals surface area contributed by atoms with Crippen molar-refractivity contribution in [3.8, 4) is 0 Å². The molecule has 0 aromatic rings. The summed E-state index contributed by atoms with van der Waals surface area (Å²) < 4.78 is 0. The van der Waals surface area contributed by atoms with Crippen LogP contribution in [0.2, 0.25) is 0 Å². The number of nitrogens with two attached hydrogens (primary N) is 1. The van der Waals surface area contributed by atoms with Crippen LogP contribution in [0.25, 0.3) is 0 Å². The van der Waals surface area contributed by atoms with E-state index in [1.807, 2.05) is 0 Å². The molecule has 1 atom stereocenters. The number of carboxylic acids is 1. The zero-order valence-electron chi connectivity index (χ0n) is 9.98. The Hall–Kier alpha value is -0.650. The molecule has 0 amide bonds. The third-order valence-electron chi connectivity index (χ3n) is 3.27. The molecule has 1 aliphatic heterocycles. The second kappa shape index (κ2) is 6.83. The Balaban J connectivity index is 2.08. The first-order valence-corrected chi connectivity index (χ1v) is 6.05. The molecule has 1 heterocycles. The fraction of sp³-hybridized carbons (Fsp3) is 0.909. The summed E-state index contributed by atoms with van der Waals surface area (Å²) >= 11 is 0. The van der Waals surface area contributed by atoms with Crippen molar-refractivity contribution < 1.29 is 9.90 Å². The smallest absolute Gasteiger partial charge is 0.321 e. The highest BCUT2D eigenvalue weighted by Gasteiger charge is 2.18. The third-order valence-corrected chi connectivity index (χ3v) is 3.27. The van der Waals surface area contributed by atoms with E-state index in [4.69, 9.17) is 10.8 Å². The van der Waals surface area contributed by atoms with Crippen LogP contribution < -0.4 is 11.1 Å². The van der Waals surface area contributed by atoms with Gasteiger partial charge in [0.05, 0.1) is 0 Å². The van der Waals surface area contributed by atoms with Crippen LogP contribution in [0.3, 0.4) is 0 Å². The van der Waals surface area contributed by atoms with E-state index in [0.717, 1.165) is 26.2 Å². The Morgan fingerprint density at radius 2 is 2.19 bits per heavy atom. The van der Waals surface area contributed by atoms with Crippen LogP contribution in [0.15, 0.2) is 0 Å². The van der Waals surface area contributed by atoms with E-state index < -0.39 is 12.0 Å². The van der Waals surface area contributed by atoms with Crippen molar-refractivity contribution in [3.05, 3.63) is 0 Å². The predicted octanol–water partition coefficient (Wildman–Crippen LogP) is -0.280. The number of nitrogens with zero attached hydrogens (tertiary/aromatic N) is 1. The van der Waals surface area contributed by atoms with E-state index in [0.29, 0.717) is 12.5 Å². The van der Waals surface area contributed by atoms with Gasteiger partial charge in [-0.3, -0.25) is 4.79 Å². The van der Waals surface area contributed by atoms with Crippen LogP contribution in [-0.4, -0.2) is 54.7 Å². The van der Waals surface area contributed by atoms with Gasteiger partial charge in [0.1, 0.15) is 6.04 Å². The van der Waals surface area contributed by atoms with Gasteiger partial charge >= 0.3 is 5.97 Å². The molecule has 5 nitrogen and oxygen atoms in total. The number of carbonyl (C=O) groups is 1. The van der Waals surface area contributed by atoms with Crippen molar-refractivity contribution in [2.24, 2.45) is 11.7 Å². The first-order chi connectivity index (χ1) is 7.63. The van der Waals surface area contributed by atoms with Gasteiger partial charge in [0.15, 0.2) is 0 Å². The standard InChI is InChI=1S/C11H23N3O2/c1-2-14-5-3-9(4-6-14)7-13-8-10(12)11(15)16/h9-10,13H,2-8,12H2,1H3,(H,15,16). The number of hydrogen-bond donors (Lipinski definition) is 3. The first-order valence-electron chi connectivity index (χ1n) is 6.05. The number of likely N-dealkylation sites (tertiary alicyclic amines) is 1. The highest BCUT2D eigenvalue weighted by atomic mass is 16.4. The van der Waals surface area contributed by atoms with Crippen molar-refractivity contribution >= 4 is 5.97 Å². The van der Waals surface area contributed by atoms with E-state index in [2.05, 4.69) is 17.1 Å². The van der Waals surface area contributed by atoms with E-state index in [-0.39, 0.29) is 0 Å². The van der Waals surface area contributed by atoms with Gasteiger partial charge < -0.3 is 21.1 Å². The molecule has 0 aromatic heterocycles. The van der Waals surface area contributed by atoms with Gasteiger partial charge in [-0.1, -0.05) is 6.92 Å². The van der Waals surface area contributed by atoms with Crippen LogP contribution in [0, 0.1) is 5.92 Å². The third kappa shape index (κ3) is 4.47. The highest BCUT2D eigenvalue weighted by Crippen LogP contribution is 2.15. The molecular formula is C11H23N3O2. The van der Waals surface area contributed by atoms with Gasteiger partial charge in [0.25, 0.3) is 0 Å². The van der Waals surface area contributed by atoms with Crippen molar-refractivity contribution in [1.29, 1.82) is 0 Å². The maximum absolute atomic E-state index is 10.5. The van der Waals surface area contributed by atoms with Gasteiger partial charge in [0.2, 0.25) is 0 Å². The fourth-order valence-corrected chi connectivity index (χ4v) is 2.04. The van der Waals surface area contributed by atoms with Gasteiger partial charge in [-0.2, -0.15) is 0 Å². The van der Waals surface area contributed by atoms with Gasteiger partial charge in [-0.25, -0.2) is 0 Å². The monoisotopic (exact) mass is 229 g/mol. The van der Waals surface area contributed by atoms with Crippen LogP contribution in [-0.2, 0) is 4.79 Å². The summed E-state index contributed by atoms with van der Waals surface area (Å²) in [7, 11) is 0. The Labute approximate surface area is 97.0 Å². The van der Waals surface area contributed by atoms with Crippen molar-refractivity contribution in [2.45, 2.75) is 25.8 Å². The molecule has 0 aliphatic carbocycles. The molecule has 0 radical (unpaired) electrons. The number of piperidine rings is 1. The molecule has 0 saturated carbocycles. The van der Waals surface area contributed by atoms with Crippen molar-refractivity contribution in [2.75, 3.05) is 32.7 Å². The first kappa shape index (κ1) is 13.4. The number of rotatable bonds is 6. The van der Waals surface area contributed by atoms with Crippen LogP contribution in [0.1, 0.15) is 19.8 Å². The minimum absolute atomic E-state index is 0.364. The average molecular weight is 229 g/mol. The molecule has 5 heteroatoms. The van der Waals surface area contributed by atoms with E-state index in [1.165, 1.54) is 12.8 Å². The lowest BCUT2D eigenvalue weighted by Gasteiger charge is -2.31. The molecule has 1 rings (SSSR count). The quantitative estimate of drug-likeness (QED) is 0.584. The summed E-state index contributed by atoms with van der Waals surface area (Å²) in [6.45, 7) is 6.89. The zero-order chi connectivity index (χ0) is 12.0. The lowest BCUT2D eigenvalue weighted by atomic mass is 9.97. The maximum Gasteiger partial charge on any atom is 0.321 e. The number of nitrogens with one attached hydrogen (secondary N) is 1. The Morgan fingerprint density at radius 1 is 1.56 bits per heavy atom. The molecule has 1 unspecified atom stereocenters. The summed E-state index contributed by atoms with van der Waals surface area (Å²) in [6, 6.07) is -0.782. The average Bonchev–Trinajstić information content (AvgIpc) is 2.29. The van der Waals surface area contributed by atoms with Gasteiger partial charge in [-0.05, 0) is 44.9 Å². The minimum atomic E-state index is -0.937. The topological polar surface area (TPSA) is 78.6 Å². The van der Waals surface area contributed by atoms with E-state index in [9.17, 15) is 4.79 Å². The Kier molecular flexibility index (Phi) is 5.73. The van der Waals surface area contributed by atoms with Crippen LogP contribution in [0.4, 0.5) is 0 Å². The largest absolute Gasteiger partial charge is 0.480 e. The molecule has 0 spiro atoms. The molecule has 1 fully saturated rings. The minimum Gasteiger partial charge on any atom is -0.480 e. The molecule has 1 aliphatic rings.